The third-order valence-corrected chi connectivity index (χ3v) is 4.69. The van der Waals surface area contributed by atoms with Gasteiger partial charge in [-0.1, -0.05) is 23.7 Å². The van der Waals surface area contributed by atoms with E-state index in [1.165, 1.54) is 0 Å². The first-order valence-electron chi connectivity index (χ1n) is 8.57. The number of rotatable bonds is 5. The fraction of sp³-hybridized carbons (Fsp3) is 0.368. The molecule has 1 aromatic carbocycles. The average Bonchev–Trinajstić information content (AvgIpc) is 2.65. The second-order valence-electron chi connectivity index (χ2n) is 6.19. The van der Waals surface area contributed by atoms with Crippen molar-refractivity contribution in [2.45, 2.75) is 13.3 Å². The van der Waals surface area contributed by atoms with Gasteiger partial charge in [0.1, 0.15) is 5.82 Å². The standard InChI is InChI=1S/C19H23ClN4O/c1-15-5-6-16(20)14-17(15)21-9-7-19(25)24-12-10-23(11-13-24)18-4-2-3-8-22-18/h2-6,8,14,21H,7,9-13H2,1H3. The molecule has 0 bridgehead atoms. The number of amides is 1. The van der Waals surface area contributed by atoms with Crippen molar-refractivity contribution >= 4 is 29.0 Å². The average molecular weight is 359 g/mol. The molecule has 0 spiro atoms. The summed E-state index contributed by atoms with van der Waals surface area (Å²) in [5, 5.41) is 4.01. The summed E-state index contributed by atoms with van der Waals surface area (Å²) in [7, 11) is 0. The van der Waals surface area contributed by atoms with Gasteiger partial charge < -0.3 is 15.1 Å². The molecule has 3 rings (SSSR count). The van der Waals surface area contributed by atoms with Crippen LogP contribution in [0.4, 0.5) is 11.5 Å². The number of aryl methyl sites for hydroxylation is 1. The second kappa shape index (κ2) is 8.21. The van der Waals surface area contributed by atoms with Crippen LogP contribution in [0.25, 0.3) is 0 Å². The molecule has 6 heteroatoms. The van der Waals surface area contributed by atoms with Crippen LogP contribution in [0.5, 0.6) is 0 Å². The van der Waals surface area contributed by atoms with Gasteiger partial charge in [-0.05, 0) is 36.8 Å². The van der Waals surface area contributed by atoms with Gasteiger partial charge >= 0.3 is 0 Å². The fourth-order valence-corrected chi connectivity index (χ4v) is 3.14. The largest absolute Gasteiger partial charge is 0.384 e. The summed E-state index contributed by atoms with van der Waals surface area (Å²) in [4.78, 5) is 20.9. The smallest absolute Gasteiger partial charge is 0.224 e. The zero-order valence-electron chi connectivity index (χ0n) is 14.4. The number of piperazine rings is 1. The van der Waals surface area contributed by atoms with E-state index in [-0.39, 0.29) is 5.91 Å². The molecule has 0 radical (unpaired) electrons. The third-order valence-electron chi connectivity index (χ3n) is 4.46. The number of pyridine rings is 1. The van der Waals surface area contributed by atoms with Crippen molar-refractivity contribution in [3.63, 3.8) is 0 Å². The van der Waals surface area contributed by atoms with E-state index in [4.69, 9.17) is 11.6 Å². The van der Waals surface area contributed by atoms with Crippen LogP contribution < -0.4 is 10.2 Å². The summed E-state index contributed by atoms with van der Waals surface area (Å²) in [6, 6.07) is 11.7. The van der Waals surface area contributed by atoms with Gasteiger partial charge in [-0.25, -0.2) is 4.98 Å². The Morgan fingerprint density at radius 3 is 2.72 bits per heavy atom. The predicted octanol–water partition coefficient (Wildman–Crippen LogP) is 3.19. The van der Waals surface area contributed by atoms with E-state index >= 15 is 0 Å². The molecule has 1 aliphatic heterocycles. The Morgan fingerprint density at radius 2 is 2.00 bits per heavy atom. The highest BCUT2D eigenvalue weighted by atomic mass is 35.5. The number of halogens is 1. The highest BCUT2D eigenvalue weighted by Crippen LogP contribution is 2.20. The summed E-state index contributed by atoms with van der Waals surface area (Å²) >= 11 is 6.02. The van der Waals surface area contributed by atoms with Crippen LogP contribution >= 0.6 is 11.6 Å². The van der Waals surface area contributed by atoms with Gasteiger partial charge in [0.2, 0.25) is 5.91 Å². The number of carbonyl (C=O) groups is 1. The highest BCUT2D eigenvalue weighted by Gasteiger charge is 2.21. The lowest BCUT2D eigenvalue weighted by Crippen LogP contribution is -2.49. The maximum absolute atomic E-state index is 12.4. The Balaban J connectivity index is 1.44. The van der Waals surface area contributed by atoms with E-state index in [1.54, 1.807) is 6.20 Å². The number of benzene rings is 1. The Labute approximate surface area is 153 Å². The van der Waals surface area contributed by atoms with Crippen molar-refractivity contribution in [2.24, 2.45) is 0 Å². The number of nitrogens with zero attached hydrogens (tertiary/aromatic N) is 3. The summed E-state index contributed by atoms with van der Waals surface area (Å²) in [6.45, 7) is 5.77. The van der Waals surface area contributed by atoms with E-state index in [0.717, 1.165) is 43.2 Å². The molecule has 2 heterocycles. The van der Waals surface area contributed by atoms with E-state index in [2.05, 4.69) is 15.2 Å². The van der Waals surface area contributed by atoms with Gasteiger partial charge in [-0.15, -0.1) is 0 Å². The summed E-state index contributed by atoms with van der Waals surface area (Å²) in [5.74, 6) is 1.17. The van der Waals surface area contributed by atoms with E-state index < -0.39 is 0 Å². The molecule has 0 aliphatic carbocycles. The minimum absolute atomic E-state index is 0.188. The van der Waals surface area contributed by atoms with Crippen LogP contribution in [-0.4, -0.2) is 48.5 Å². The molecule has 132 valence electrons. The van der Waals surface area contributed by atoms with Crippen LogP contribution in [0.2, 0.25) is 5.02 Å². The number of nitrogens with one attached hydrogen (secondary N) is 1. The first-order valence-corrected chi connectivity index (χ1v) is 8.95. The monoisotopic (exact) mass is 358 g/mol. The Morgan fingerprint density at radius 1 is 1.20 bits per heavy atom. The number of anilines is 2. The predicted molar refractivity (Wildman–Crippen MR) is 102 cm³/mol. The summed E-state index contributed by atoms with van der Waals surface area (Å²) < 4.78 is 0. The fourth-order valence-electron chi connectivity index (χ4n) is 2.97. The number of aromatic nitrogens is 1. The van der Waals surface area contributed by atoms with Crippen LogP contribution in [0.1, 0.15) is 12.0 Å². The molecule has 1 aliphatic rings. The van der Waals surface area contributed by atoms with Crippen molar-refractivity contribution in [3.05, 3.63) is 53.2 Å². The van der Waals surface area contributed by atoms with E-state index in [1.807, 2.05) is 48.2 Å². The maximum atomic E-state index is 12.4. The van der Waals surface area contributed by atoms with Crippen LogP contribution in [-0.2, 0) is 4.79 Å². The molecule has 2 aromatic rings. The topological polar surface area (TPSA) is 48.5 Å². The molecule has 1 aromatic heterocycles. The molecule has 25 heavy (non-hydrogen) atoms. The number of carbonyl (C=O) groups excluding carboxylic acids is 1. The van der Waals surface area contributed by atoms with Crippen molar-refractivity contribution in [2.75, 3.05) is 42.9 Å². The van der Waals surface area contributed by atoms with Crippen LogP contribution in [0.3, 0.4) is 0 Å². The van der Waals surface area contributed by atoms with Crippen molar-refractivity contribution in [3.8, 4) is 0 Å². The molecular weight excluding hydrogens is 336 g/mol. The number of hydrogen-bond donors (Lipinski definition) is 1. The minimum Gasteiger partial charge on any atom is -0.384 e. The molecule has 1 fully saturated rings. The summed E-state index contributed by atoms with van der Waals surface area (Å²) in [6.07, 6.45) is 2.28. The van der Waals surface area contributed by atoms with Crippen molar-refractivity contribution in [1.29, 1.82) is 0 Å². The second-order valence-corrected chi connectivity index (χ2v) is 6.63. The van der Waals surface area contributed by atoms with Crippen LogP contribution in [0, 0.1) is 6.92 Å². The van der Waals surface area contributed by atoms with Gasteiger partial charge in [-0.3, -0.25) is 4.79 Å². The van der Waals surface area contributed by atoms with Gasteiger partial charge in [-0.2, -0.15) is 0 Å². The minimum atomic E-state index is 0.188. The molecule has 1 amide bonds. The lowest BCUT2D eigenvalue weighted by atomic mass is 10.2. The summed E-state index contributed by atoms with van der Waals surface area (Å²) in [5.41, 5.74) is 2.11. The first-order chi connectivity index (χ1) is 12.1. The van der Waals surface area contributed by atoms with Gasteiger partial charge in [0.25, 0.3) is 0 Å². The molecule has 0 saturated carbocycles. The quantitative estimate of drug-likeness (QED) is 0.891. The van der Waals surface area contributed by atoms with Crippen LogP contribution in [0.15, 0.2) is 42.6 Å². The molecule has 5 nitrogen and oxygen atoms in total. The zero-order valence-corrected chi connectivity index (χ0v) is 15.2. The maximum Gasteiger partial charge on any atom is 0.224 e. The molecule has 0 atom stereocenters. The normalized spacial score (nSPS) is 14.5. The van der Waals surface area contributed by atoms with Gasteiger partial charge in [0, 0.05) is 56.1 Å². The molecular formula is C19H23ClN4O. The lowest BCUT2D eigenvalue weighted by Gasteiger charge is -2.35. The molecule has 1 N–H and O–H groups in total. The third kappa shape index (κ3) is 4.63. The van der Waals surface area contributed by atoms with Gasteiger partial charge in [0.15, 0.2) is 0 Å². The Kier molecular flexibility index (Phi) is 5.76. The lowest BCUT2D eigenvalue weighted by molar-refractivity contribution is -0.131. The SMILES string of the molecule is Cc1ccc(Cl)cc1NCCC(=O)N1CCN(c2ccccn2)CC1. The highest BCUT2D eigenvalue weighted by molar-refractivity contribution is 6.30. The van der Waals surface area contributed by atoms with E-state index in [9.17, 15) is 4.79 Å². The molecule has 1 saturated heterocycles. The molecule has 0 unspecified atom stereocenters. The van der Waals surface area contributed by atoms with Crippen molar-refractivity contribution in [1.82, 2.24) is 9.88 Å². The Hall–Kier alpha value is -2.27. The Bertz CT molecular complexity index is 715. The van der Waals surface area contributed by atoms with Crippen molar-refractivity contribution < 1.29 is 4.79 Å². The van der Waals surface area contributed by atoms with Gasteiger partial charge in [0.05, 0.1) is 0 Å². The zero-order chi connectivity index (χ0) is 17.6. The van der Waals surface area contributed by atoms with E-state index in [0.29, 0.717) is 18.0 Å². The number of hydrogen-bond acceptors (Lipinski definition) is 4. The first kappa shape index (κ1) is 17.5.